The Morgan fingerprint density at radius 3 is 2.47 bits per heavy atom. The molecule has 3 rings (SSSR count). The van der Waals surface area contributed by atoms with Gasteiger partial charge in [0.1, 0.15) is 5.82 Å². The third-order valence-electron chi connectivity index (χ3n) is 3.33. The molecule has 19 heavy (non-hydrogen) atoms. The van der Waals surface area contributed by atoms with Gasteiger partial charge in [-0.05, 0) is 24.6 Å². The Bertz CT molecular complexity index is 594. The summed E-state index contributed by atoms with van der Waals surface area (Å²) in [6, 6.07) is 4.60. The summed E-state index contributed by atoms with van der Waals surface area (Å²) in [4.78, 5) is 23.6. The van der Waals surface area contributed by atoms with Crippen molar-refractivity contribution in [1.29, 1.82) is 0 Å². The lowest BCUT2D eigenvalue weighted by Crippen LogP contribution is -2.45. The second-order valence-corrected chi connectivity index (χ2v) is 4.61. The van der Waals surface area contributed by atoms with Gasteiger partial charge < -0.3 is 16.0 Å². The third kappa shape index (κ3) is 1.85. The number of hydrogen-bond donors (Lipinski definition) is 3. The van der Waals surface area contributed by atoms with E-state index in [1.807, 2.05) is 0 Å². The van der Waals surface area contributed by atoms with Gasteiger partial charge in [-0.3, -0.25) is 4.79 Å². The summed E-state index contributed by atoms with van der Waals surface area (Å²) < 4.78 is 12.9. The van der Waals surface area contributed by atoms with Gasteiger partial charge in [-0.25, -0.2) is 9.18 Å². The average Bonchev–Trinajstić information content (AvgIpc) is 2.65. The van der Waals surface area contributed by atoms with Gasteiger partial charge in [0.05, 0.1) is 23.4 Å². The fourth-order valence-electron chi connectivity index (χ4n) is 2.43. The smallest absolute Gasteiger partial charge is 0.319 e. The number of nitrogens with one attached hydrogen (secondary N) is 3. The van der Waals surface area contributed by atoms with Gasteiger partial charge in [0.25, 0.3) is 5.91 Å². The van der Waals surface area contributed by atoms with Gasteiger partial charge >= 0.3 is 6.03 Å². The second kappa shape index (κ2) is 4.08. The first-order valence-electron chi connectivity index (χ1n) is 5.94. The first-order valence-corrected chi connectivity index (χ1v) is 5.94. The molecule has 0 saturated carbocycles. The van der Waals surface area contributed by atoms with Crippen molar-refractivity contribution < 1.29 is 14.0 Å². The molecule has 0 fully saturated rings. The molecule has 0 aliphatic carbocycles. The Morgan fingerprint density at radius 2 is 1.79 bits per heavy atom. The molecule has 1 aromatic carbocycles. The first kappa shape index (κ1) is 11.7. The van der Waals surface area contributed by atoms with E-state index < -0.39 is 6.04 Å². The quantitative estimate of drug-likeness (QED) is 0.704. The van der Waals surface area contributed by atoms with Crippen molar-refractivity contribution in [3.05, 3.63) is 46.9 Å². The van der Waals surface area contributed by atoms with E-state index in [-0.39, 0.29) is 23.8 Å². The lowest BCUT2D eigenvalue weighted by molar-refractivity contribution is -0.117. The summed E-state index contributed by atoms with van der Waals surface area (Å²) >= 11 is 0. The highest BCUT2D eigenvalue weighted by atomic mass is 19.1. The summed E-state index contributed by atoms with van der Waals surface area (Å²) in [5, 5.41) is 8.07. The van der Waals surface area contributed by atoms with Crippen LogP contribution in [0.4, 0.5) is 9.18 Å². The van der Waals surface area contributed by atoms with E-state index in [0.29, 0.717) is 16.8 Å². The number of carbonyl (C=O) groups excluding carboxylic acids is 2. The van der Waals surface area contributed by atoms with Crippen LogP contribution in [0.2, 0.25) is 0 Å². The number of halogens is 1. The minimum Gasteiger partial charge on any atom is -0.344 e. The number of urea groups is 1. The van der Waals surface area contributed by atoms with Crippen LogP contribution in [0.1, 0.15) is 18.5 Å². The molecular formula is C13H12FN3O2. The SMILES string of the molecule is CC1NC(=O)C2=C1NC(=O)NC2c1ccc(F)cc1. The zero-order valence-corrected chi connectivity index (χ0v) is 10.2. The Hall–Kier alpha value is -2.37. The van der Waals surface area contributed by atoms with Crippen LogP contribution in [-0.4, -0.2) is 18.0 Å². The Labute approximate surface area is 108 Å². The molecule has 0 bridgehead atoms. The fourth-order valence-corrected chi connectivity index (χ4v) is 2.43. The van der Waals surface area contributed by atoms with Gasteiger partial charge in [0, 0.05) is 0 Å². The fraction of sp³-hybridized carbons (Fsp3) is 0.231. The normalized spacial score (nSPS) is 25.6. The molecule has 0 spiro atoms. The van der Waals surface area contributed by atoms with Gasteiger partial charge in [0.15, 0.2) is 0 Å². The maximum absolute atomic E-state index is 12.9. The van der Waals surface area contributed by atoms with Crippen LogP contribution >= 0.6 is 0 Å². The summed E-state index contributed by atoms with van der Waals surface area (Å²) in [7, 11) is 0. The lowest BCUT2D eigenvalue weighted by Gasteiger charge is -2.26. The molecule has 0 radical (unpaired) electrons. The summed E-state index contributed by atoms with van der Waals surface area (Å²) in [5.74, 6) is -0.577. The van der Waals surface area contributed by atoms with Crippen molar-refractivity contribution >= 4 is 11.9 Å². The number of carbonyl (C=O) groups is 2. The number of hydrogen-bond acceptors (Lipinski definition) is 2. The van der Waals surface area contributed by atoms with Crippen LogP contribution in [0, 0.1) is 5.82 Å². The molecule has 3 N–H and O–H groups in total. The van der Waals surface area contributed by atoms with Crippen LogP contribution in [-0.2, 0) is 4.79 Å². The summed E-state index contributed by atoms with van der Waals surface area (Å²) in [6.07, 6.45) is 0. The lowest BCUT2D eigenvalue weighted by atomic mass is 9.95. The van der Waals surface area contributed by atoms with Crippen molar-refractivity contribution in [2.45, 2.75) is 19.0 Å². The predicted octanol–water partition coefficient (Wildman–Crippen LogP) is 0.952. The van der Waals surface area contributed by atoms with Gasteiger partial charge in [-0.15, -0.1) is 0 Å². The molecule has 2 heterocycles. The molecule has 0 saturated heterocycles. The molecule has 2 aliphatic rings. The molecule has 3 amide bonds. The van der Waals surface area contributed by atoms with Crippen molar-refractivity contribution in [3.63, 3.8) is 0 Å². The Morgan fingerprint density at radius 1 is 1.11 bits per heavy atom. The van der Waals surface area contributed by atoms with E-state index >= 15 is 0 Å². The van der Waals surface area contributed by atoms with Crippen LogP contribution < -0.4 is 16.0 Å². The average molecular weight is 261 g/mol. The molecule has 2 aliphatic heterocycles. The van der Waals surface area contributed by atoms with E-state index in [1.54, 1.807) is 19.1 Å². The predicted molar refractivity (Wildman–Crippen MR) is 65.4 cm³/mol. The zero-order chi connectivity index (χ0) is 13.6. The van der Waals surface area contributed by atoms with E-state index in [0.717, 1.165) is 0 Å². The van der Waals surface area contributed by atoms with Crippen LogP contribution in [0.15, 0.2) is 35.5 Å². The van der Waals surface area contributed by atoms with Crippen LogP contribution in [0.25, 0.3) is 0 Å². The minimum absolute atomic E-state index is 0.218. The van der Waals surface area contributed by atoms with E-state index in [2.05, 4.69) is 16.0 Å². The molecule has 0 aromatic heterocycles. The third-order valence-corrected chi connectivity index (χ3v) is 3.33. The van der Waals surface area contributed by atoms with Crippen molar-refractivity contribution in [1.82, 2.24) is 16.0 Å². The van der Waals surface area contributed by atoms with Crippen molar-refractivity contribution in [3.8, 4) is 0 Å². The molecular weight excluding hydrogens is 249 g/mol. The molecule has 1 aromatic rings. The van der Waals surface area contributed by atoms with Crippen LogP contribution in [0.3, 0.4) is 0 Å². The number of amides is 3. The summed E-state index contributed by atoms with van der Waals surface area (Å²) in [5.41, 5.74) is 1.75. The van der Waals surface area contributed by atoms with Crippen molar-refractivity contribution in [2.75, 3.05) is 0 Å². The molecule has 98 valence electrons. The Kier molecular flexibility index (Phi) is 2.51. The van der Waals surface area contributed by atoms with Gasteiger partial charge in [0.2, 0.25) is 0 Å². The minimum atomic E-state index is -0.547. The maximum atomic E-state index is 12.9. The second-order valence-electron chi connectivity index (χ2n) is 4.61. The molecule has 5 nitrogen and oxygen atoms in total. The topological polar surface area (TPSA) is 70.2 Å². The standard InChI is InChI=1S/C13H12FN3O2/c1-6-10-9(12(18)15-6)11(17-13(19)16-10)7-2-4-8(14)5-3-7/h2-6,11H,1H3,(H,15,18)(H2,16,17,19). The monoisotopic (exact) mass is 261 g/mol. The molecule has 6 heteroatoms. The zero-order valence-electron chi connectivity index (χ0n) is 10.2. The molecule has 2 atom stereocenters. The van der Waals surface area contributed by atoms with Gasteiger partial charge in [-0.2, -0.15) is 0 Å². The van der Waals surface area contributed by atoms with E-state index in [1.165, 1.54) is 12.1 Å². The summed E-state index contributed by atoms with van der Waals surface area (Å²) in [6.45, 7) is 1.80. The van der Waals surface area contributed by atoms with Crippen LogP contribution in [0.5, 0.6) is 0 Å². The van der Waals surface area contributed by atoms with Gasteiger partial charge in [-0.1, -0.05) is 12.1 Å². The number of benzene rings is 1. The highest BCUT2D eigenvalue weighted by molar-refractivity contribution is 6.01. The molecule has 2 unspecified atom stereocenters. The highest BCUT2D eigenvalue weighted by Gasteiger charge is 2.39. The first-order chi connectivity index (χ1) is 9.06. The van der Waals surface area contributed by atoms with Crippen molar-refractivity contribution in [2.24, 2.45) is 0 Å². The maximum Gasteiger partial charge on any atom is 0.319 e. The largest absolute Gasteiger partial charge is 0.344 e. The Balaban J connectivity index is 2.07. The van der Waals surface area contributed by atoms with E-state index in [4.69, 9.17) is 0 Å². The highest BCUT2D eigenvalue weighted by Crippen LogP contribution is 2.31. The number of rotatable bonds is 1. The van der Waals surface area contributed by atoms with E-state index in [9.17, 15) is 14.0 Å².